The lowest BCUT2D eigenvalue weighted by Crippen LogP contribution is -2.66. The van der Waals surface area contributed by atoms with Gasteiger partial charge in [0, 0.05) is 23.8 Å². The molecule has 0 saturated heterocycles. The fourth-order valence-electron chi connectivity index (χ4n) is 6.22. The van der Waals surface area contributed by atoms with Gasteiger partial charge in [0.05, 0.1) is 11.2 Å². The number of ketones is 1. The van der Waals surface area contributed by atoms with Gasteiger partial charge in [-0.25, -0.2) is 0 Å². The molecule has 1 aromatic carbocycles. The first kappa shape index (κ1) is 19.2. The fraction of sp³-hybridized carbons (Fsp3) is 0.565. The number of carbonyl (C=O) groups is 2. The minimum Gasteiger partial charge on any atom is -0.507 e. The quantitative estimate of drug-likeness (QED) is 0.698. The number of phenols is 1. The van der Waals surface area contributed by atoms with Crippen LogP contribution in [-0.4, -0.2) is 27.5 Å². The molecule has 2 saturated carbocycles. The predicted molar refractivity (Wildman–Crippen MR) is 106 cm³/mol. The molecule has 1 aromatic rings. The standard InChI is InChI=1S/C23H29NO4/c1-13(2)3-4-14-7-9-22-12-16(25)8-10-23(22,28)18(14)11-15-5-6-17(21(24)27)20(26)19(15)22/h3,5-6,14,18,26,28H,4,7-12H2,1-2H3,(H2,24,27)/t14?,18-,22+,23+/m0/s1. The number of carbonyl (C=O) groups excluding carboxylic acids is 2. The van der Waals surface area contributed by atoms with Crippen LogP contribution in [0.1, 0.15) is 73.9 Å². The average molecular weight is 383 g/mol. The van der Waals surface area contributed by atoms with Crippen molar-refractivity contribution in [1.82, 2.24) is 0 Å². The van der Waals surface area contributed by atoms with Crippen LogP contribution in [0.25, 0.3) is 0 Å². The van der Waals surface area contributed by atoms with Crippen LogP contribution >= 0.6 is 0 Å². The number of aromatic hydroxyl groups is 1. The van der Waals surface area contributed by atoms with Gasteiger partial charge in [0.25, 0.3) is 5.91 Å². The third-order valence-corrected chi connectivity index (χ3v) is 7.51. The number of Topliss-reactive ketones (excluding diaryl/α,β-unsaturated/α-hetero) is 1. The Balaban J connectivity index is 1.90. The Labute approximate surface area is 165 Å². The smallest absolute Gasteiger partial charge is 0.252 e. The Morgan fingerprint density at radius 3 is 2.75 bits per heavy atom. The summed E-state index contributed by atoms with van der Waals surface area (Å²) in [6.45, 7) is 4.17. The first-order chi connectivity index (χ1) is 13.2. The van der Waals surface area contributed by atoms with E-state index in [1.165, 1.54) is 5.57 Å². The van der Waals surface area contributed by atoms with Gasteiger partial charge in [-0.2, -0.15) is 0 Å². The monoisotopic (exact) mass is 383 g/mol. The average Bonchev–Trinajstić information content (AvgIpc) is 2.61. The van der Waals surface area contributed by atoms with Gasteiger partial charge < -0.3 is 15.9 Å². The van der Waals surface area contributed by atoms with Gasteiger partial charge >= 0.3 is 0 Å². The molecular weight excluding hydrogens is 354 g/mol. The van der Waals surface area contributed by atoms with E-state index in [2.05, 4.69) is 19.9 Å². The van der Waals surface area contributed by atoms with Crippen molar-refractivity contribution in [2.75, 3.05) is 0 Å². The molecule has 28 heavy (non-hydrogen) atoms. The van der Waals surface area contributed by atoms with Gasteiger partial charge in [-0.3, -0.25) is 9.59 Å². The first-order valence-electron chi connectivity index (χ1n) is 10.2. The van der Waals surface area contributed by atoms with Crippen molar-refractivity contribution in [3.8, 4) is 5.75 Å². The van der Waals surface area contributed by atoms with Crippen molar-refractivity contribution in [2.24, 2.45) is 17.6 Å². The summed E-state index contributed by atoms with van der Waals surface area (Å²) in [5, 5.41) is 23.0. The SMILES string of the molecule is CC(C)=CCC1CC[C@]23CC(=O)CC[C@@]2(O)[C@H]1Cc1ccc(C(N)=O)c(O)c13. The number of fused-ring (bicyclic) bond motifs is 1. The summed E-state index contributed by atoms with van der Waals surface area (Å²) >= 11 is 0. The minimum absolute atomic E-state index is 0.0382. The number of amides is 1. The topological polar surface area (TPSA) is 101 Å². The second-order valence-corrected chi connectivity index (χ2v) is 9.21. The van der Waals surface area contributed by atoms with E-state index in [4.69, 9.17) is 5.73 Å². The number of benzene rings is 1. The van der Waals surface area contributed by atoms with Crippen LogP contribution in [0.4, 0.5) is 0 Å². The molecular formula is C23H29NO4. The first-order valence-corrected chi connectivity index (χ1v) is 10.2. The Hall–Kier alpha value is -2.14. The number of allylic oxidation sites excluding steroid dienone is 2. The summed E-state index contributed by atoms with van der Waals surface area (Å²) in [5.74, 6) is -0.340. The molecule has 5 nitrogen and oxygen atoms in total. The van der Waals surface area contributed by atoms with E-state index in [0.29, 0.717) is 37.2 Å². The van der Waals surface area contributed by atoms with Gasteiger partial charge in [-0.15, -0.1) is 0 Å². The van der Waals surface area contributed by atoms with Crippen LogP contribution in [0.15, 0.2) is 23.8 Å². The van der Waals surface area contributed by atoms with Crippen LogP contribution in [0.2, 0.25) is 0 Å². The Kier molecular flexibility index (Phi) is 4.42. The van der Waals surface area contributed by atoms with Crippen molar-refractivity contribution >= 4 is 11.7 Å². The molecule has 2 fully saturated rings. The molecule has 4 atom stereocenters. The Morgan fingerprint density at radius 2 is 2.07 bits per heavy atom. The highest BCUT2D eigenvalue weighted by Crippen LogP contribution is 2.64. The van der Waals surface area contributed by atoms with Crippen molar-refractivity contribution in [3.05, 3.63) is 40.5 Å². The maximum Gasteiger partial charge on any atom is 0.252 e. The highest BCUT2D eigenvalue weighted by atomic mass is 16.3. The molecule has 0 heterocycles. The van der Waals surface area contributed by atoms with Crippen molar-refractivity contribution in [2.45, 2.75) is 69.8 Å². The van der Waals surface area contributed by atoms with Crippen LogP contribution in [-0.2, 0) is 16.6 Å². The number of nitrogens with two attached hydrogens (primary N) is 1. The number of aliphatic hydroxyl groups is 1. The van der Waals surface area contributed by atoms with Gasteiger partial charge in [0.2, 0.25) is 0 Å². The molecule has 1 amide bonds. The van der Waals surface area contributed by atoms with E-state index >= 15 is 0 Å². The lowest BCUT2D eigenvalue weighted by molar-refractivity contribution is -0.172. The second-order valence-electron chi connectivity index (χ2n) is 9.21. The summed E-state index contributed by atoms with van der Waals surface area (Å²) in [6.07, 6.45) is 6.34. The predicted octanol–water partition coefficient (Wildman–Crippen LogP) is 3.15. The highest BCUT2D eigenvalue weighted by Gasteiger charge is 2.65. The lowest BCUT2D eigenvalue weighted by atomic mass is 9.43. The molecule has 3 aliphatic rings. The third kappa shape index (κ3) is 2.55. The molecule has 1 unspecified atom stereocenters. The van der Waals surface area contributed by atoms with E-state index in [1.54, 1.807) is 6.07 Å². The second kappa shape index (κ2) is 6.45. The summed E-state index contributed by atoms with van der Waals surface area (Å²) in [6, 6.07) is 3.43. The Bertz CT molecular complexity index is 885. The van der Waals surface area contributed by atoms with Crippen molar-refractivity contribution < 1.29 is 19.8 Å². The molecule has 0 spiro atoms. The minimum atomic E-state index is -1.04. The largest absolute Gasteiger partial charge is 0.507 e. The third-order valence-electron chi connectivity index (χ3n) is 7.51. The number of hydrogen-bond donors (Lipinski definition) is 3. The van der Waals surface area contributed by atoms with Gasteiger partial charge in [-0.1, -0.05) is 17.7 Å². The summed E-state index contributed by atoms with van der Waals surface area (Å²) in [5.41, 5.74) is 6.46. The number of rotatable bonds is 3. The van der Waals surface area contributed by atoms with E-state index in [9.17, 15) is 19.8 Å². The van der Waals surface area contributed by atoms with E-state index in [0.717, 1.165) is 18.4 Å². The maximum atomic E-state index is 12.5. The zero-order valence-electron chi connectivity index (χ0n) is 16.6. The molecule has 2 bridgehead atoms. The highest BCUT2D eigenvalue weighted by molar-refractivity contribution is 5.96. The number of hydrogen-bond acceptors (Lipinski definition) is 4. The molecule has 0 aliphatic heterocycles. The summed E-state index contributed by atoms with van der Waals surface area (Å²) < 4.78 is 0. The number of primary amides is 1. The van der Waals surface area contributed by atoms with Gasteiger partial charge in [-0.05, 0) is 69.4 Å². The van der Waals surface area contributed by atoms with Crippen LogP contribution in [0.5, 0.6) is 5.75 Å². The zero-order valence-corrected chi connectivity index (χ0v) is 16.6. The Morgan fingerprint density at radius 1 is 1.32 bits per heavy atom. The summed E-state index contributed by atoms with van der Waals surface area (Å²) in [4.78, 5) is 24.3. The van der Waals surface area contributed by atoms with Gasteiger partial charge in [0.1, 0.15) is 11.5 Å². The normalized spacial score (nSPS) is 33.6. The molecule has 0 aromatic heterocycles. The van der Waals surface area contributed by atoms with E-state index in [1.807, 2.05) is 6.07 Å². The lowest BCUT2D eigenvalue weighted by Gasteiger charge is -2.62. The van der Waals surface area contributed by atoms with Crippen molar-refractivity contribution in [3.63, 3.8) is 0 Å². The van der Waals surface area contributed by atoms with Crippen molar-refractivity contribution in [1.29, 1.82) is 0 Å². The van der Waals surface area contributed by atoms with E-state index < -0.39 is 16.9 Å². The molecule has 150 valence electrons. The molecule has 5 heteroatoms. The molecule has 0 radical (unpaired) electrons. The maximum absolute atomic E-state index is 12.5. The molecule has 3 aliphatic carbocycles. The summed E-state index contributed by atoms with van der Waals surface area (Å²) in [7, 11) is 0. The zero-order chi connectivity index (χ0) is 20.3. The molecule has 4 N–H and O–H groups in total. The molecule has 4 rings (SSSR count). The van der Waals surface area contributed by atoms with Crippen LogP contribution in [0.3, 0.4) is 0 Å². The van der Waals surface area contributed by atoms with Crippen LogP contribution in [0, 0.1) is 11.8 Å². The van der Waals surface area contributed by atoms with Gasteiger partial charge in [0.15, 0.2) is 0 Å². The van der Waals surface area contributed by atoms with Crippen LogP contribution < -0.4 is 5.73 Å². The fourth-order valence-corrected chi connectivity index (χ4v) is 6.22. The van der Waals surface area contributed by atoms with E-state index in [-0.39, 0.29) is 29.4 Å².